The second-order valence-electron chi connectivity index (χ2n) is 3.37. The van der Waals surface area contributed by atoms with Crippen molar-refractivity contribution in [3.63, 3.8) is 0 Å². The third-order valence-electron chi connectivity index (χ3n) is 2.03. The molecule has 0 fully saturated rings. The van der Waals surface area contributed by atoms with Crippen LogP contribution in [0.15, 0.2) is 5.51 Å². The lowest BCUT2D eigenvalue weighted by Gasteiger charge is -2.19. The maximum Gasteiger partial charge on any atom is 0.317 e. The molecule has 1 heterocycles. The number of hydrogen-bond acceptors (Lipinski definition) is 4. The molecule has 0 aliphatic rings. The summed E-state index contributed by atoms with van der Waals surface area (Å²) in [5.74, 6) is -0.249. The molecule has 0 saturated carbocycles. The van der Waals surface area contributed by atoms with Crippen LogP contribution in [0.3, 0.4) is 0 Å². The fourth-order valence-corrected chi connectivity index (χ4v) is 1.99. The zero-order valence-corrected chi connectivity index (χ0v) is 9.07. The van der Waals surface area contributed by atoms with E-state index in [1.54, 1.807) is 16.8 Å². The van der Waals surface area contributed by atoms with Gasteiger partial charge in [0, 0.05) is 4.88 Å². The molecule has 0 aromatic carbocycles. The van der Waals surface area contributed by atoms with Gasteiger partial charge in [-0.25, -0.2) is 4.98 Å². The molecule has 0 N–H and O–H groups in total. The highest BCUT2D eigenvalue weighted by atomic mass is 32.1. The lowest BCUT2D eigenvalue weighted by molar-refractivity contribution is -0.146. The van der Waals surface area contributed by atoms with E-state index >= 15 is 0 Å². The number of nitrogens with zero attached hydrogens (tertiary/aromatic N) is 1. The van der Waals surface area contributed by atoms with Gasteiger partial charge in [0.2, 0.25) is 0 Å². The minimum absolute atomic E-state index is 0.249. The van der Waals surface area contributed by atoms with Crippen molar-refractivity contribution >= 4 is 17.3 Å². The Kier molecular flexibility index (Phi) is 2.71. The molecule has 0 radical (unpaired) electrons. The van der Waals surface area contributed by atoms with E-state index in [0.717, 1.165) is 10.6 Å². The summed E-state index contributed by atoms with van der Waals surface area (Å²) < 4.78 is 4.72. The van der Waals surface area contributed by atoms with Crippen LogP contribution in [0.5, 0.6) is 0 Å². The topological polar surface area (TPSA) is 39.2 Å². The average molecular weight is 199 g/mol. The molecule has 1 rings (SSSR count). The SMILES string of the molecule is COC(=O)C(C)(C)c1ncsc1C. The van der Waals surface area contributed by atoms with E-state index in [9.17, 15) is 4.79 Å². The summed E-state index contributed by atoms with van der Waals surface area (Å²) in [5, 5.41) is 0. The molecular weight excluding hydrogens is 186 g/mol. The quantitative estimate of drug-likeness (QED) is 0.683. The Bertz CT molecular complexity index is 317. The van der Waals surface area contributed by atoms with Gasteiger partial charge >= 0.3 is 5.97 Å². The van der Waals surface area contributed by atoms with Crippen LogP contribution in [0.25, 0.3) is 0 Å². The van der Waals surface area contributed by atoms with Gasteiger partial charge in [0.15, 0.2) is 0 Å². The lowest BCUT2D eigenvalue weighted by atomic mass is 9.89. The van der Waals surface area contributed by atoms with Crippen molar-refractivity contribution in [1.29, 1.82) is 0 Å². The molecule has 3 nitrogen and oxygen atoms in total. The molecule has 1 aromatic rings. The molecule has 13 heavy (non-hydrogen) atoms. The zero-order chi connectivity index (χ0) is 10.1. The summed E-state index contributed by atoms with van der Waals surface area (Å²) in [5.41, 5.74) is 1.91. The maximum atomic E-state index is 11.4. The summed E-state index contributed by atoms with van der Waals surface area (Å²) in [7, 11) is 1.39. The summed E-state index contributed by atoms with van der Waals surface area (Å²) in [6.45, 7) is 5.60. The minimum Gasteiger partial charge on any atom is -0.468 e. The molecule has 72 valence electrons. The predicted molar refractivity (Wildman–Crippen MR) is 51.9 cm³/mol. The molecule has 0 amide bonds. The maximum absolute atomic E-state index is 11.4. The number of rotatable bonds is 2. The molecule has 0 saturated heterocycles. The van der Waals surface area contributed by atoms with Crippen molar-refractivity contribution in [2.75, 3.05) is 7.11 Å². The standard InChI is InChI=1S/C9H13NO2S/c1-6-7(10-5-13-6)9(2,3)8(11)12-4/h5H,1-4H3. The van der Waals surface area contributed by atoms with E-state index in [1.807, 2.05) is 20.8 Å². The number of carbonyl (C=O) groups is 1. The molecule has 0 bridgehead atoms. The van der Waals surface area contributed by atoms with Crippen molar-refractivity contribution < 1.29 is 9.53 Å². The van der Waals surface area contributed by atoms with E-state index in [1.165, 1.54) is 7.11 Å². The van der Waals surface area contributed by atoms with Gasteiger partial charge in [-0.05, 0) is 20.8 Å². The third-order valence-corrected chi connectivity index (χ3v) is 2.79. The monoisotopic (exact) mass is 199 g/mol. The fraction of sp³-hybridized carbons (Fsp3) is 0.556. The number of ether oxygens (including phenoxy) is 1. The van der Waals surface area contributed by atoms with Gasteiger partial charge in [-0.15, -0.1) is 11.3 Å². The van der Waals surface area contributed by atoms with Crippen molar-refractivity contribution in [3.8, 4) is 0 Å². The van der Waals surface area contributed by atoms with E-state index in [2.05, 4.69) is 4.98 Å². The van der Waals surface area contributed by atoms with Crippen molar-refractivity contribution in [3.05, 3.63) is 16.1 Å². The van der Waals surface area contributed by atoms with Crippen LogP contribution in [0.2, 0.25) is 0 Å². The van der Waals surface area contributed by atoms with Gasteiger partial charge in [0.25, 0.3) is 0 Å². The van der Waals surface area contributed by atoms with E-state index in [4.69, 9.17) is 4.74 Å². The normalized spacial score (nSPS) is 11.4. The first-order valence-electron chi connectivity index (χ1n) is 3.99. The van der Waals surface area contributed by atoms with Crippen LogP contribution < -0.4 is 0 Å². The van der Waals surface area contributed by atoms with Crippen LogP contribution in [0.4, 0.5) is 0 Å². The Hall–Kier alpha value is -0.900. The zero-order valence-electron chi connectivity index (χ0n) is 8.25. The summed E-state index contributed by atoms with van der Waals surface area (Å²) in [6.07, 6.45) is 0. The first-order valence-corrected chi connectivity index (χ1v) is 4.87. The fourth-order valence-electron chi connectivity index (χ4n) is 1.26. The summed E-state index contributed by atoms with van der Waals surface area (Å²) >= 11 is 1.54. The Morgan fingerprint density at radius 3 is 2.62 bits per heavy atom. The van der Waals surface area contributed by atoms with Crippen LogP contribution in [0.1, 0.15) is 24.4 Å². The van der Waals surface area contributed by atoms with Crippen molar-refractivity contribution in [2.45, 2.75) is 26.2 Å². The average Bonchev–Trinajstić information content (AvgIpc) is 2.50. The van der Waals surface area contributed by atoms with Gasteiger partial charge in [-0.2, -0.15) is 0 Å². The molecular formula is C9H13NO2S. The predicted octanol–water partition coefficient (Wildman–Crippen LogP) is 1.90. The number of methoxy groups -OCH3 is 1. The minimum atomic E-state index is -0.640. The van der Waals surface area contributed by atoms with Gasteiger partial charge in [0.1, 0.15) is 5.41 Å². The second-order valence-corrected chi connectivity index (χ2v) is 4.43. The number of esters is 1. The van der Waals surface area contributed by atoms with Crippen LogP contribution >= 0.6 is 11.3 Å². The number of aryl methyl sites for hydroxylation is 1. The number of thiazole rings is 1. The van der Waals surface area contributed by atoms with Crippen LogP contribution in [0, 0.1) is 6.92 Å². The second kappa shape index (κ2) is 3.46. The van der Waals surface area contributed by atoms with Crippen molar-refractivity contribution in [1.82, 2.24) is 4.98 Å². The molecule has 0 spiro atoms. The summed E-state index contributed by atoms with van der Waals surface area (Å²) in [6, 6.07) is 0. The highest BCUT2D eigenvalue weighted by Gasteiger charge is 2.34. The van der Waals surface area contributed by atoms with E-state index in [0.29, 0.717) is 0 Å². The van der Waals surface area contributed by atoms with E-state index in [-0.39, 0.29) is 5.97 Å². The number of carbonyl (C=O) groups excluding carboxylic acids is 1. The Labute approximate surface area is 81.8 Å². The number of aromatic nitrogens is 1. The van der Waals surface area contributed by atoms with Crippen molar-refractivity contribution in [2.24, 2.45) is 0 Å². The number of hydrogen-bond donors (Lipinski definition) is 0. The first-order chi connectivity index (χ1) is 6.00. The van der Waals surface area contributed by atoms with Crippen LogP contribution in [-0.4, -0.2) is 18.1 Å². The largest absolute Gasteiger partial charge is 0.468 e. The van der Waals surface area contributed by atoms with Crippen LogP contribution in [-0.2, 0) is 14.9 Å². The Morgan fingerprint density at radius 1 is 1.62 bits per heavy atom. The van der Waals surface area contributed by atoms with Gasteiger partial charge < -0.3 is 4.74 Å². The van der Waals surface area contributed by atoms with Gasteiger partial charge in [-0.3, -0.25) is 4.79 Å². The highest BCUT2D eigenvalue weighted by Crippen LogP contribution is 2.27. The van der Waals surface area contributed by atoms with Gasteiger partial charge in [0.05, 0.1) is 18.3 Å². The first kappa shape index (κ1) is 10.2. The lowest BCUT2D eigenvalue weighted by Crippen LogP contribution is -2.31. The molecule has 0 aliphatic heterocycles. The van der Waals surface area contributed by atoms with E-state index < -0.39 is 5.41 Å². The molecule has 1 aromatic heterocycles. The highest BCUT2D eigenvalue weighted by molar-refractivity contribution is 7.09. The molecule has 4 heteroatoms. The van der Waals surface area contributed by atoms with Gasteiger partial charge in [-0.1, -0.05) is 0 Å². The Morgan fingerprint density at radius 2 is 2.23 bits per heavy atom. The summed E-state index contributed by atoms with van der Waals surface area (Å²) in [4.78, 5) is 16.7. The molecule has 0 atom stereocenters. The Balaban J connectivity index is 3.07. The third kappa shape index (κ3) is 1.72. The smallest absolute Gasteiger partial charge is 0.317 e. The molecule has 0 unspecified atom stereocenters. The molecule has 0 aliphatic carbocycles.